The molecule has 138 valence electrons. The molecule has 1 unspecified atom stereocenters. The van der Waals surface area contributed by atoms with Crippen LogP contribution in [0.25, 0.3) is 5.57 Å². The topological polar surface area (TPSA) is 66.2 Å². The standard InChI is InChI=1S/C21H23F2NO2.Na/c1-3-13-5-6-15(11-14(13)4-2)17(9-10-20(24)21(25)26)18-8-7-16(22)12-19(18)23;/h5-9,11-12,20H,3-4,10,24H2,1-2H3,(H,25,26);/q;+1/p-1/b17-9+;. The van der Waals surface area contributed by atoms with E-state index in [2.05, 4.69) is 6.92 Å². The molecule has 1 atom stereocenters. The molecule has 6 heteroatoms. The first-order valence-electron chi connectivity index (χ1n) is 8.61. The molecule has 2 aromatic rings. The number of aryl methyl sites for hydroxylation is 2. The molecule has 0 aliphatic carbocycles. The predicted octanol–water partition coefficient (Wildman–Crippen LogP) is -0.00740. The summed E-state index contributed by atoms with van der Waals surface area (Å²) in [6, 6.07) is 7.92. The fraction of sp³-hybridized carbons (Fsp3) is 0.286. The molecule has 2 rings (SSSR count). The van der Waals surface area contributed by atoms with Gasteiger partial charge in [0.25, 0.3) is 0 Å². The van der Waals surface area contributed by atoms with Crippen molar-refractivity contribution in [3.05, 3.63) is 76.4 Å². The molecular formula is C21H22F2NNaO2. The molecule has 0 saturated carbocycles. The maximum atomic E-state index is 14.4. The minimum atomic E-state index is -1.38. The first kappa shape index (κ1) is 23.5. The van der Waals surface area contributed by atoms with Gasteiger partial charge in [0.2, 0.25) is 0 Å². The summed E-state index contributed by atoms with van der Waals surface area (Å²) in [7, 11) is 0. The molecule has 2 aromatic carbocycles. The Morgan fingerprint density at radius 2 is 1.78 bits per heavy atom. The van der Waals surface area contributed by atoms with E-state index in [9.17, 15) is 18.7 Å². The summed E-state index contributed by atoms with van der Waals surface area (Å²) >= 11 is 0. The molecule has 0 aromatic heterocycles. The molecule has 0 heterocycles. The molecule has 3 nitrogen and oxygen atoms in total. The van der Waals surface area contributed by atoms with Gasteiger partial charge in [0.15, 0.2) is 0 Å². The molecule has 0 aliphatic heterocycles. The van der Waals surface area contributed by atoms with E-state index in [-0.39, 0.29) is 41.5 Å². The van der Waals surface area contributed by atoms with Gasteiger partial charge in [-0.2, -0.15) is 0 Å². The van der Waals surface area contributed by atoms with Crippen LogP contribution in [0.1, 0.15) is 42.5 Å². The molecule has 2 N–H and O–H groups in total. The number of hydrogen-bond acceptors (Lipinski definition) is 3. The summed E-state index contributed by atoms with van der Waals surface area (Å²) in [6.45, 7) is 4.09. The van der Waals surface area contributed by atoms with E-state index < -0.39 is 23.6 Å². The minimum absolute atomic E-state index is 0. The molecule has 0 bridgehead atoms. The zero-order valence-electron chi connectivity index (χ0n) is 15.9. The van der Waals surface area contributed by atoms with E-state index in [1.807, 2.05) is 25.1 Å². The monoisotopic (exact) mass is 381 g/mol. The third-order valence-electron chi connectivity index (χ3n) is 4.38. The van der Waals surface area contributed by atoms with Gasteiger partial charge in [-0.05, 0) is 53.7 Å². The number of carboxylic acids is 1. The van der Waals surface area contributed by atoms with Crippen molar-refractivity contribution in [3.8, 4) is 0 Å². The summed E-state index contributed by atoms with van der Waals surface area (Å²) in [6.07, 6.45) is 3.24. The van der Waals surface area contributed by atoms with Crippen molar-refractivity contribution in [3.63, 3.8) is 0 Å². The second-order valence-corrected chi connectivity index (χ2v) is 6.09. The third-order valence-corrected chi connectivity index (χ3v) is 4.38. The van der Waals surface area contributed by atoms with Crippen molar-refractivity contribution in [1.82, 2.24) is 0 Å². The average Bonchev–Trinajstić information content (AvgIpc) is 2.62. The van der Waals surface area contributed by atoms with Crippen LogP contribution in [-0.4, -0.2) is 12.0 Å². The van der Waals surface area contributed by atoms with Gasteiger partial charge in [0.1, 0.15) is 11.6 Å². The van der Waals surface area contributed by atoms with Crippen molar-refractivity contribution in [2.24, 2.45) is 5.73 Å². The number of carboxylic acid groups (broad SMARTS) is 1. The van der Waals surface area contributed by atoms with Crippen molar-refractivity contribution in [2.45, 2.75) is 39.2 Å². The first-order valence-corrected chi connectivity index (χ1v) is 8.61. The predicted molar refractivity (Wildman–Crippen MR) is 96.2 cm³/mol. The van der Waals surface area contributed by atoms with Crippen molar-refractivity contribution in [2.75, 3.05) is 0 Å². The van der Waals surface area contributed by atoms with E-state index in [0.29, 0.717) is 5.57 Å². The number of carbonyl (C=O) groups excluding carboxylic acids is 1. The molecule has 27 heavy (non-hydrogen) atoms. The Kier molecular flexibility index (Phi) is 9.33. The van der Waals surface area contributed by atoms with E-state index in [4.69, 9.17) is 5.73 Å². The second-order valence-electron chi connectivity index (χ2n) is 6.09. The van der Waals surface area contributed by atoms with Gasteiger partial charge in [0.05, 0.1) is 5.97 Å². The van der Waals surface area contributed by atoms with Crippen LogP contribution in [0.3, 0.4) is 0 Å². The summed E-state index contributed by atoms with van der Waals surface area (Å²) in [5, 5.41) is 10.9. The normalized spacial score (nSPS) is 12.4. The Morgan fingerprint density at radius 1 is 1.11 bits per heavy atom. The molecule has 0 amide bonds. The summed E-state index contributed by atoms with van der Waals surface area (Å²) < 4.78 is 27.6. The zero-order chi connectivity index (χ0) is 19.3. The van der Waals surface area contributed by atoms with Crippen molar-refractivity contribution >= 4 is 11.5 Å². The second kappa shape index (κ2) is 10.7. The number of carbonyl (C=O) groups is 1. The molecular weight excluding hydrogens is 359 g/mol. The van der Waals surface area contributed by atoms with Gasteiger partial charge in [-0.25, -0.2) is 8.78 Å². The van der Waals surface area contributed by atoms with E-state index in [1.54, 1.807) is 6.08 Å². The smallest absolute Gasteiger partial charge is 0.548 e. The van der Waals surface area contributed by atoms with E-state index in [0.717, 1.165) is 30.0 Å². The number of halogens is 2. The van der Waals surface area contributed by atoms with Gasteiger partial charge < -0.3 is 15.6 Å². The number of nitrogens with two attached hydrogens (primary N) is 1. The number of benzene rings is 2. The fourth-order valence-corrected chi connectivity index (χ4v) is 2.90. The van der Waals surface area contributed by atoms with Crippen LogP contribution in [0.15, 0.2) is 42.5 Å². The number of rotatable bonds is 7. The Bertz CT molecular complexity index is 837. The van der Waals surface area contributed by atoms with Gasteiger partial charge in [0, 0.05) is 17.7 Å². The van der Waals surface area contributed by atoms with Gasteiger partial charge in [-0.1, -0.05) is 38.1 Å². The maximum absolute atomic E-state index is 14.4. The van der Waals surface area contributed by atoms with Crippen LogP contribution < -0.4 is 40.4 Å². The number of aliphatic carboxylic acids is 1. The fourth-order valence-electron chi connectivity index (χ4n) is 2.90. The van der Waals surface area contributed by atoms with Crippen LogP contribution in [0.4, 0.5) is 8.78 Å². The van der Waals surface area contributed by atoms with Gasteiger partial charge in [-0.3, -0.25) is 0 Å². The zero-order valence-corrected chi connectivity index (χ0v) is 17.9. The quantitative estimate of drug-likeness (QED) is 0.687. The SMILES string of the molecule is CCc1ccc(/C(=C\CC(N)C(=O)[O-])c2ccc(F)cc2F)cc1CC.[Na+]. The largest absolute Gasteiger partial charge is 1.00 e. The molecule has 0 radical (unpaired) electrons. The Hall–Kier alpha value is -1.53. The van der Waals surface area contributed by atoms with Crippen molar-refractivity contribution < 1.29 is 48.2 Å². The molecule has 0 saturated heterocycles. The van der Waals surface area contributed by atoms with Crippen LogP contribution in [-0.2, 0) is 17.6 Å². The van der Waals surface area contributed by atoms with Gasteiger partial charge in [-0.15, -0.1) is 0 Å². The Labute approximate surface area is 180 Å². The van der Waals surface area contributed by atoms with Crippen LogP contribution >= 0.6 is 0 Å². The van der Waals surface area contributed by atoms with E-state index >= 15 is 0 Å². The van der Waals surface area contributed by atoms with Crippen molar-refractivity contribution in [1.29, 1.82) is 0 Å². The number of hydrogen-bond donors (Lipinski definition) is 1. The molecule has 0 spiro atoms. The summed E-state index contributed by atoms with van der Waals surface area (Å²) in [4.78, 5) is 10.9. The van der Waals surface area contributed by atoms with E-state index in [1.165, 1.54) is 17.7 Å². The Morgan fingerprint density at radius 3 is 2.33 bits per heavy atom. The van der Waals surface area contributed by atoms with Gasteiger partial charge >= 0.3 is 29.6 Å². The average molecular weight is 381 g/mol. The maximum Gasteiger partial charge on any atom is 1.00 e. The molecule has 0 fully saturated rings. The molecule has 0 aliphatic rings. The third kappa shape index (κ3) is 5.98. The van der Waals surface area contributed by atoms with Crippen LogP contribution in [0.2, 0.25) is 0 Å². The summed E-state index contributed by atoms with van der Waals surface area (Å²) in [5.74, 6) is -2.76. The van der Waals surface area contributed by atoms with Crippen LogP contribution in [0.5, 0.6) is 0 Å². The first-order chi connectivity index (χ1) is 12.4. The summed E-state index contributed by atoms with van der Waals surface area (Å²) in [5.41, 5.74) is 9.26. The van der Waals surface area contributed by atoms with Crippen LogP contribution in [0, 0.1) is 11.6 Å². The Balaban J connectivity index is 0.00000364. The minimum Gasteiger partial charge on any atom is -0.548 e.